The Morgan fingerprint density at radius 3 is 2.81 bits per heavy atom. The highest BCUT2D eigenvalue weighted by Crippen LogP contribution is 2.24. The molecule has 0 unspecified atom stereocenters. The van der Waals surface area contributed by atoms with E-state index in [-0.39, 0.29) is 5.91 Å². The summed E-state index contributed by atoms with van der Waals surface area (Å²) in [4.78, 5) is 13.2. The van der Waals surface area contributed by atoms with Crippen molar-refractivity contribution in [1.82, 2.24) is 5.32 Å². The summed E-state index contributed by atoms with van der Waals surface area (Å²) >= 11 is 1.63. The summed E-state index contributed by atoms with van der Waals surface area (Å²) in [6.45, 7) is 4.27. The number of hydrogen-bond acceptors (Lipinski definition) is 2. The van der Waals surface area contributed by atoms with Crippen molar-refractivity contribution in [1.29, 1.82) is 0 Å². The fraction of sp³-hybridized carbons (Fsp3) is 0.615. The molecule has 88 valence electrons. The highest BCUT2D eigenvalue weighted by molar-refractivity contribution is 7.10. The molecule has 3 heteroatoms. The molecule has 1 aliphatic carbocycles. The largest absolute Gasteiger partial charge is 0.349 e. The highest BCUT2D eigenvalue weighted by Gasteiger charge is 2.23. The molecule has 2 rings (SSSR count). The lowest BCUT2D eigenvalue weighted by Gasteiger charge is -2.29. The first-order valence-electron chi connectivity index (χ1n) is 6.03. The predicted octanol–water partition coefficient (Wildman–Crippen LogP) is 3.37. The predicted molar refractivity (Wildman–Crippen MR) is 67.9 cm³/mol. The van der Waals surface area contributed by atoms with E-state index in [1.54, 1.807) is 11.3 Å². The maximum absolute atomic E-state index is 12.0. The molecule has 1 fully saturated rings. The normalized spacial score (nSPS) is 25.4. The molecule has 1 saturated carbocycles. The molecular weight excluding hydrogens is 218 g/mol. The second-order valence-electron chi connectivity index (χ2n) is 4.79. The Morgan fingerprint density at radius 1 is 1.44 bits per heavy atom. The van der Waals surface area contributed by atoms with Gasteiger partial charge >= 0.3 is 0 Å². The van der Waals surface area contributed by atoms with Gasteiger partial charge in [-0.15, -0.1) is 11.3 Å². The minimum atomic E-state index is 0.100. The molecular formula is C13H19NOS. The Hall–Kier alpha value is -0.830. The number of carbonyl (C=O) groups excluding carboxylic acids is 1. The van der Waals surface area contributed by atoms with Gasteiger partial charge in [0.05, 0.1) is 5.56 Å². The Kier molecular flexibility index (Phi) is 3.64. The number of carbonyl (C=O) groups is 1. The summed E-state index contributed by atoms with van der Waals surface area (Å²) in [5.74, 6) is 0.723. The minimum absolute atomic E-state index is 0.100. The van der Waals surface area contributed by atoms with E-state index in [1.807, 2.05) is 18.4 Å². The van der Waals surface area contributed by atoms with Crippen molar-refractivity contribution in [3.63, 3.8) is 0 Å². The van der Waals surface area contributed by atoms with Crippen LogP contribution in [0.2, 0.25) is 0 Å². The average molecular weight is 237 g/mol. The van der Waals surface area contributed by atoms with Crippen molar-refractivity contribution in [2.45, 2.75) is 45.6 Å². The third kappa shape index (κ3) is 2.64. The van der Waals surface area contributed by atoms with Crippen LogP contribution in [0.5, 0.6) is 0 Å². The van der Waals surface area contributed by atoms with Gasteiger partial charge < -0.3 is 5.32 Å². The van der Waals surface area contributed by atoms with Gasteiger partial charge in [-0.2, -0.15) is 0 Å². The third-order valence-electron chi connectivity index (χ3n) is 3.42. The lowest BCUT2D eigenvalue weighted by atomic mass is 9.86. The quantitative estimate of drug-likeness (QED) is 0.839. The van der Waals surface area contributed by atoms with Crippen molar-refractivity contribution < 1.29 is 4.79 Å². The monoisotopic (exact) mass is 237 g/mol. The van der Waals surface area contributed by atoms with Crippen LogP contribution in [0.1, 0.15) is 47.8 Å². The third-order valence-corrected chi connectivity index (χ3v) is 4.28. The molecule has 2 atom stereocenters. The van der Waals surface area contributed by atoms with E-state index in [2.05, 4.69) is 12.2 Å². The summed E-state index contributed by atoms with van der Waals surface area (Å²) in [6, 6.07) is 2.34. The molecule has 0 spiro atoms. The number of aryl methyl sites for hydroxylation is 1. The SMILES string of the molecule is Cc1cc(C(=O)N[C@@H]2CCCC[C@H]2C)cs1. The van der Waals surface area contributed by atoms with Crippen LogP contribution in [0.25, 0.3) is 0 Å². The first kappa shape index (κ1) is 11.6. The van der Waals surface area contributed by atoms with Crippen molar-refractivity contribution in [2.75, 3.05) is 0 Å². The van der Waals surface area contributed by atoms with Gasteiger partial charge in [0.25, 0.3) is 5.91 Å². The van der Waals surface area contributed by atoms with Crippen LogP contribution in [0.15, 0.2) is 11.4 Å². The van der Waals surface area contributed by atoms with Crippen LogP contribution in [-0.4, -0.2) is 11.9 Å². The van der Waals surface area contributed by atoms with Gasteiger partial charge in [-0.25, -0.2) is 0 Å². The first-order valence-corrected chi connectivity index (χ1v) is 6.91. The van der Waals surface area contributed by atoms with Gasteiger partial charge in [0.1, 0.15) is 0 Å². The number of amides is 1. The summed E-state index contributed by atoms with van der Waals surface area (Å²) in [5.41, 5.74) is 0.820. The molecule has 1 aromatic rings. The van der Waals surface area contributed by atoms with Gasteiger partial charge in [-0.1, -0.05) is 19.8 Å². The van der Waals surface area contributed by atoms with Gasteiger partial charge in [0.2, 0.25) is 0 Å². The molecule has 2 nitrogen and oxygen atoms in total. The van der Waals surface area contributed by atoms with Crippen LogP contribution in [0.3, 0.4) is 0 Å². The smallest absolute Gasteiger partial charge is 0.252 e. The van der Waals surface area contributed by atoms with Gasteiger partial charge in [-0.3, -0.25) is 4.79 Å². The van der Waals surface area contributed by atoms with E-state index in [1.165, 1.54) is 24.1 Å². The molecule has 0 saturated heterocycles. The summed E-state index contributed by atoms with van der Waals surface area (Å²) in [6.07, 6.45) is 4.94. The maximum atomic E-state index is 12.0. The Labute approximate surface area is 101 Å². The maximum Gasteiger partial charge on any atom is 0.252 e. The van der Waals surface area contributed by atoms with E-state index >= 15 is 0 Å². The Bertz CT molecular complexity index is 372. The lowest BCUT2D eigenvalue weighted by molar-refractivity contribution is 0.0910. The molecule has 16 heavy (non-hydrogen) atoms. The van der Waals surface area contributed by atoms with Gasteiger partial charge in [0, 0.05) is 16.3 Å². The van der Waals surface area contributed by atoms with Crippen LogP contribution < -0.4 is 5.32 Å². The van der Waals surface area contributed by atoms with Crippen LogP contribution >= 0.6 is 11.3 Å². The van der Waals surface area contributed by atoms with Gasteiger partial charge in [-0.05, 0) is 31.7 Å². The second-order valence-corrected chi connectivity index (χ2v) is 5.90. The zero-order valence-corrected chi connectivity index (χ0v) is 10.8. The van der Waals surface area contributed by atoms with E-state index < -0.39 is 0 Å². The topological polar surface area (TPSA) is 29.1 Å². The summed E-state index contributed by atoms with van der Waals surface area (Å²) in [7, 11) is 0. The van der Waals surface area contributed by atoms with E-state index in [0.717, 1.165) is 12.0 Å². The number of thiophene rings is 1. The highest BCUT2D eigenvalue weighted by atomic mass is 32.1. The second kappa shape index (κ2) is 5.00. The number of hydrogen-bond donors (Lipinski definition) is 1. The van der Waals surface area contributed by atoms with E-state index in [9.17, 15) is 4.79 Å². The first-order chi connectivity index (χ1) is 7.66. The molecule has 0 aromatic carbocycles. The summed E-state index contributed by atoms with van der Waals surface area (Å²) < 4.78 is 0. The minimum Gasteiger partial charge on any atom is -0.349 e. The van der Waals surface area contributed by atoms with Crippen LogP contribution in [0, 0.1) is 12.8 Å². The molecule has 1 amide bonds. The molecule has 1 aliphatic rings. The van der Waals surface area contributed by atoms with Crippen LogP contribution in [-0.2, 0) is 0 Å². The molecule has 1 aromatic heterocycles. The zero-order valence-electron chi connectivity index (χ0n) is 9.95. The number of rotatable bonds is 2. The zero-order chi connectivity index (χ0) is 11.5. The van der Waals surface area contributed by atoms with E-state index in [4.69, 9.17) is 0 Å². The fourth-order valence-electron chi connectivity index (χ4n) is 2.34. The summed E-state index contributed by atoms with van der Waals surface area (Å²) in [5, 5.41) is 5.11. The fourth-order valence-corrected chi connectivity index (χ4v) is 3.03. The van der Waals surface area contributed by atoms with Crippen LogP contribution in [0.4, 0.5) is 0 Å². The number of nitrogens with one attached hydrogen (secondary N) is 1. The lowest BCUT2D eigenvalue weighted by Crippen LogP contribution is -2.40. The molecule has 1 heterocycles. The standard InChI is InChI=1S/C13H19NOS/c1-9-5-3-4-6-12(9)14-13(15)11-7-10(2)16-8-11/h7-9,12H,3-6H2,1-2H3,(H,14,15)/t9-,12-/m1/s1. The van der Waals surface area contributed by atoms with Crippen molar-refractivity contribution >= 4 is 17.2 Å². The van der Waals surface area contributed by atoms with Crippen molar-refractivity contribution in [3.8, 4) is 0 Å². The molecule has 0 aliphatic heterocycles. The molecule has 0 radical (unpaired) electrons. The van der Waals surface area contributed by atoms with Crippen molar-refractivity contribution in [3.05, 3.63) is 21.9 Å². The van der Waals surface area contributed by atoms with E-state index in [0.29, 0.717) is 12.0 Å². The average Bonchev–Trinajstić information content (AvgIpc) is 2.68. The van der Waals surface area contributed by atoms with Gasteiger partial charge in [0.15, 0.2) is 0 Å². The Morgan fingerprint density at radius 2 is 2.19 bits per heavy atom. The molecule has 0 bridgehead atoms. The Balaban J connectivity index is 1.96. The molecule has 1 N–H and O–H groups in total. The van der Waals surface area contributed by atoms with Crippen molar-refractivity contribution in [2.24, 2.45) is 5.92 Å².